The number of benzene rings is 1. The van der Waals surface area contributed by atoms with Crippen molar-refractivity contribution in [2.45, 2.75) is 32.6 Å². The molecule has 2 aliphatic rings. The van der Waals surface area contributed by atoms with E-state index in [9.17, 15) is 18.4 Å². The van der Waals surface area contributed by atoms with Crippen LogP contribution in [0.3, 0.4) is 0 Å². The van der Waals surface area contributed by atoms with Crippen LogP contribution in [0.2, 0.25) is 0 Å². The average Bonchev–Trinajstić information content (AvgIpc) is 2.72. The highest BCUT2D eigenvalue weighted by Crippen LogP contribution is 2.25. The fraction of sp³-hybridized carbons (Fsp3) is 0.619. The molecule has 5 nitrogen and oxygen atoms in total. The molecule has 0 radical (unpaired) electrons. The first-order valence-corrected chi connectivity index (χ1v) is 10.2. The Hall–Kier alpha value is -1.73. The van der Waals surface area contributed by atoms with Crippen molar-refractivity contribution in [3.63, 3.8) is 0 Å². The second-order valence-corrected chi connectivity index (χ2v) is 7.77. The molecule has 162 valence electrons. The van der Waals surface area contributed by atoms with Gasteiger partial charge in [0.15, 0.2) is 0 Å². The molecule has 1 aromatic rings. The molecule has 1 N–H and O–H groups in total. The van der Waals surface area contributed by atoms with Gasteiger partial charge < -0.3 is 15.1 Å². The van der Waals surface area contributed by atoms with Gasteiger partial charge in [0.1, 0.15) is 11.6 Å². The predicted molar refractivity (Wildman–Crippen MR) is 110 cm³/mol. The lowest BCUT2D eigenvalue weighted by molar-refractivity contribution is -0.138. The summed E-state index contributed by atoms with van der Waals surface area (Å²) in [5.74, 6) is -1.24. The Morgan fingerprint density at radius 2 is 1.66 bits per heavy atom. The molecular formula is C21H30ClF2N3O2. The summed E-state index contributed by atoms with van der Waals surface area (Å²) >= 11 is 0. The monoisotopic (exact) mass is 429 g/mol. The zero-order chi connectivity index (χ0) is 20.1. The van der Waals surface area contributed by atoms with E-state index in [0.29, 0.717) is 31.8 Å². The number of carbonyl (C=O) groups excluding carboxylic acids is 2. The molecule has 0 aromatic heterocycles. The Morgan fingerprint density at radius 3 is 2.24 bits per heavy atom. The Balaban J connectivity index is 0.00000300. The van der Waals surface area contributed by atoms with Crippen molar-refractivity contribution in [1.29, 1.82) is 0 Å². The highest BCUT2D eigenvalue weighted by Gasteiger charge is 2.32. The third-order valence-electron chi connectivity index (χ3n) is 5.90. The van der Waals surface area contributed by atoms with Crippen LogP contribution in [-0.2, 0) is 4.79 Å². The first-order chi connectivity index (χ1) is 13.5. The van der Waals surface area contributed by atoms with Gasteiger partial charge in [0.05, 0.1) is 5.56 Å². The molecule has 0 saturated carbocycles. The minimum atomic E-state index is -0.844. The molecule has 0 spiro atoms. The Kier molecular flexibility index (Phi) is 8.83. The van der Waals surface area contributed by atoms with Crippen molar-refractivity contribution in [3.05, 3.63) is 35.4 Å². The molecule has 2 amide bonds. The van der Waals surface area contributed by atoms with Crippen molar-refractivity contribution in [1.82, 2.24) is 15.1 Å². The largest absolute Gasteiger partial charge is 0.342 e. The first kappa shape index (κ1) is 23.5. The summed E-state index contributed by atoms with van der Waals surface area (Å²) in [5.41, 5.74) is -0.117. The van der Waals surface area contributed by atoms with Gasteiger partial charge in [-0.15, -0.1) is 12.4 Å². The second kappa shape index (κ2) is 10.9. The van der Waals surface area contributed by atoms with E-state index in [-0.39, 0.29) is 29.8 Å². The van der Waals surface area contributed by atoms with Gasteiger partial charge in [0, 0.05) is 38.2 Å². The van der Waals surface area contributed by atoms with Gasteiger partial charge in [-0.25, -0.2) is 8.78 Å². The zero-order valence-corrected chi connectivity index (χ0v) is 17.6. The van der Waals surface area contributed by atoms with Crippen LogP contribution in [0.4, 0.5) is 8.78 Å². The lowest BCUT2D eigenvalue weighted by atomic mass is 9.91. The fourth-order valence-corrected chi connectivity index (χ4v) is 4.13. The highest BCUT2D eigenvalue weighted by molar-refractivity contribution is 5.94. The van der Waals surface area contributed by atoms with Crippen LogP contribution in [0, 0.1) is 23.5 Å². The summed E-state index contributed by atoms with van der Waals surface area (Å²) in [7, 11) is 0. The number of hydrogen-bond donors (Lipinski definition) is 1. The molecule has 1 aromatic carbocycles. The van der Waals surface area contributed by atoms with Gasteiger partial charge in [-0.05, 0) is 56.8 Å². The predicted octanol–water partition coefficient (Wildman–Crippen LogP) is 3.09. The summed E-state index contributed by atoms with van der Waals surface area (Å²) in [6, 6.07) is 3.00. The number of hydrogen-bond acceptors (Lipinski definition) is 3. The highest BCUT2D eigenvalue weighted by atomic mass is 35.5. The minimum absolute atomic E-state index is 0. The van der Waals surface area contributed by atoms with E-state index in [1.807, 2.05) is 4.90 Å². The molecule has 0 unspecified atom stereocenters. The molecule has 2 fully saturated rings. The number of amides is 2. The molecule has 2 aliphatic heterocycles. The first-order valence-electron chi connectivity index (χ1n) is 10.2. The number of nitrogens with one attached hydrogen (secondary N) is 1. The van der Waals surface area contributed by atoms with Gasteiger partial charge in [-0.2, -0.15) is 0 Å². The smallest absolute Gasteiger partial charge is 0.256 e. The van der Waals surface area contributed by atoms with Gasteiger partial charge in [0.2, 0.25) is 5.91 Å². The topological polar surface area (TPSA) is 52.7 Å². The number of piperidine rings is 2. The van der Waals surface area contributed by atoms with Gasteiger partial charge >= 0.3 is 0 Å². The van der Waals surface area contributed by atoms with Crippen molar-refractivity contribution in [2.75, 3.05) is 39.3 Å². The van der Waals surface area contributed by atoms with E-state index in [4.69, 9.17) is 0 Å². The van der Waals surface area contributed by atoms with Crippen molar-refractivity contribution in [3.8, 4) is 0 Å². The normalized spacial score (nSPS) is 18.4. The molecular weight excluding hydrogens is 400 g/mol. The van der Waals surface area contributed by atoms with E-state index < -0.39 is 17.5 Å². The van der Waals surface area contributed by atoms with Crippen molar-refractivity contribution in [2.24, 2.45) is 11.8 Å². The van der Waals surface area contributed by atoms with E-state index in [1.54, 1.807) is 4.90 Å². The summed E-state index contributed by atoms with van der Waals surface area (Å²) in [6.07, 6.45) is 3.23. The Labute approximate surface area is 177 Å². The lowest BCUT2D eigenvalue weighted by Gasteiger charge is -2.37. The van der Waals surface area contributed by atoms with Crippen molar-refractivity contribution < 1.29 is 18.4 Å². The van der Waals surface area contributed by atoms with E-state index in [1.165, 1.54) is 6.07 Å². The number of halogens is 3. The number of nitrogens with zero attached hydrogens (tertiary/aromatic N) is 2. The van der Waals surface area contributed by atoms with Crippen molar-refractivity contribution >= 4 is 24.2 Å². The molecule has 29 heavy (non-hydrogen) atoms. The van der Waals surface area contributed by atoms with Gasteiger partial charge in [-0.1, -0.05) is 6.92 Å². The van der Waals surface area contributed by atoms with E-state index >= 15 is 0 Å². The second-order valence-electron chi connectivity index (χ2n) is 7.77. The maximum atomic E-state index is 13.9. The number of carbonyl (C=O) groups is 2. The van der Waals surface area contributed by atoms with Crippen LogP contribution in [0.25, 0.3) is 0 Å². The summed E-state index contributed by atoms with van der Waals surface area (Å²) in [4.78, 5) is 28.8. The summed E-state index contributed by atoms with van der Waals surface area (Å²) in [5, 5.41) is 3.37. The van der Waals surface area contributed by atoms with Gasteiger partial charge in [-0.3, -0.25) is 9.59 Å². The third kappa shape index (κ3) is 5.89. The van der Waals surface area contributed by atoms with Gasteiger partial charge in [0.25, 0.3) is 5.91 Å². The number of rotatable bonds is 5. The fourth-order valence-electron chi connectivity index (χ4n) is 4.13. The van der Waals surface area contributed by atoms with E-state index in [2.05, 4.69) is 12.2 Å². The quantitative estimate of drug-likeness (QED) is 0.782. The molecule has 0 bridgehead atoms. The molecule has 8 heteroatoms. The number of likely N-dealkylation sites (tertiary alicyclic amines) is 2. The molecule has 0 atom stereocenters. The third-order valence-corrected chi connectivity index (χ3v) is 5.90. The summed E-state index contributed by atoms with van der Waals surface area (Å²) in [6.45, 7) is 6.52. The molecule has 2 saturated heterocycles. The lowest BCUT2D eigenvalue weighted by Crippen LogP contribution is -2.47. The van der Waals surface area contributed by atoms with Crippen LogP contribution in [0.5, 0.6) is 0 Å². The summed E-state index contributed by atoms with van der Waals surface area (Å²) < 4.78 is 26.9. The Morgan fingerprint density at radius 1 is 1.03 bits per heavy atom. The SMILES string of the molecule is CCNCC1CCN(C(=O)C2CCN(C(=O)c3ccc(F)cc3F)CC2)CC1.Cl. The average molecular weight is 430 g/mol. The molecule has 2 heterocycles. The Bertz CT molecular complexity index is 703. The minimum Gasteiger partial charge on any atom is -0.342 e. The van der Waals surface area contributed by atoms with Crippen LogP contribution in [0.1, 0.15) is 43.0 Å². The zero-order valence-electron chi connectivity index (χ0n) is 16.8. The molecule has 0 aliphatic carbocycles. The van der Waals surface area contributed by atoms with Crippen LogP contribution >= 0.6 is 12.4 Å². The standard InChI is InChI=1S/C21H29F2N3O2.ClH/c1-2-24-14-15-5-9-25(10-6-15)20(27)16-7-11-26(12-8-16)21(28)18-4-3-17(22)13-19(18)23;/h3-4,13,15-16,24H,2,5-12,14H2,1H3;1H. The van der Waals surface area contributed by atoms with E-state index in [0.717, 1.165) is 51.2 Å². The maximum Gasteiger partial charge on any atom is 0.256 e. The van der Waals surface area contributed by atoms with Crippen LogP contribution in [0.15, 0.2) is 18.2 Å². The molecule has 3 rings (SSSR count). The maximum absolute atomic E-state index is 13.9. The van der Waals surface area contributed by atoms with Crippen LogP contribution < -0.4 is 5.32 Å². The van der Waals surface area contributed by atoms with Crippen LogP contribution in [-0.4, -0.2) is 60.9 Å².